The lowest BCUT2D eigenvalue weighted by atomic mass is 9.90. The maximum absolute atomic E-state index is 13.3. The second kappa shape index (κ2) is 8.34. The van der Waals surface area contributed by atoms with Crippen LogP contribution in [0.1, 0.15) is 44.8 Å². The summed E-state index contributed by atoms with van der Waals surface area (Å²) >= 11 is 0. The molecule has 3 aromatic rings. The number of likely N-dealkylation sites (tertiary alicyclic amines) is 1. The Morgan fingerprint density at radius 3 is 2.42 bits per heavy atom. The van der Waals surface area contributed by atoms with Gasteiger partial charge in [0.25, 0.3) is 11.7 Å². The maximum Gasteiger partial charge on any atom is 0.377 e. The maximum atomic E-state index is 13.3. The van der Waals surface area contributed by atoms with Crippen molar-refractivity contribution in [1.29, 1.82) is 0 Å². The number of piperidine rings is 1. The number of hydrogen-bond acceptors (Lipinski definition) is 3. The van der Waals surface area contributed by atoms with E-state index in [9.17, 15) is 18.8 Å². The van der Waals surface area contributed by atoms with E-state index in [4.69, 9.17) is 5.11 Å². The molecule has 1 fully saturated rings. The van der Waals surface area contributed by atoms with Gasteiger partial charge in [-0.1, -0.05) is 12.1 Å². The molecule has 6 nitrogen and oxygen atoms in total. The van der Waals surface area contributed by atoms with E-state index in [0.29, 0.717) is 41.2 Å². The smallest absolute Gasteiger partial charge is 0.377 e. The number of halogens is 1. The number of hydrogen-bond donors (Lipinski definition) is 2. The highest BCUT2D eigenvalue weighted by molar-refractivity contribution is 6.40. The topological polar surface area (TPSA) is 90.5 Å². The van der Waals surface area contributed by atoms with Crippen LogP contribution in [0.5, 0.6) is 0 Å². The molecular formula is C24H23FN2O4. The number of nitrogens with one attached hydrogen (secondary N) is 1. The molecular weight excluding hydrogens is 399 g/mol. The number of amides is 1. The second-order valence-electron chi connectivity index (χ2n) is 8.09. The standard InChI is InChI=1S/C24H23FN2O4/c1-14-21(19-13-17(22(28)24(30)31)4-7-20(19)26-14)23(29)27-10-8-16(9-11-27)12-15-2-5-18(25)6-3-15/h2-7,13,16,26H,8-12H2,1H3,(H,30,31). The lowest BCUT2D eigenvalue weighted by molar-refractivity contribution is -0.131. The number of fused-ring (bicyclic) bond motifs is 1. The number of aryl methyl sites for hydroxylation is 1. The van der Waals surface area contributed by atoms with Gasteiger partial charge in [-0.2, -0.15) is 0 Å². The third-order valence-electron chi connectivity index (χ3n) is 6.00. The van der Waals surface area contributed by atoms with Crippen LogP contribution >= 0.6 is 0 Å². The van der Waals surface area contributed by atoms with Crippen LogP contribution in [0.4, 0.5) is 4.39 Å². The van der Waals surface area contributed by atoms with Gasteiger partial charge in [-0.15, -0.1) is 0 Å². The fraction of sp³-hybridized carbons (Fsp3) is 0.292. The van der Waals surface area contributed by atoms with E-state index in [-0.39, 0.29) is 17.3 Å². The summed E-state index contributed by atoms with van der Waals surface area (Å²) in [4.78, 5) is 41.1. The molecule has 1 aliphatic rings. The number of Topliss-reactive ketones (excluding diaryl/α,β-unsaturated/α-hetero) is 1. The van der Waals surface area contributed by atoms with E-state index >= 15 is 0 Å². The van der Waals surface area contributed by atoms with Gasteiger partial charge in [-0.3, -0.25) is 9.59 Å². The molecule has 0 atom stereocenters. The molecule has 0 radical (unpaired) electrons. The zero-order valence-electron chi connectivity index (χ0n) is 17.2. The van der Waals surface area contributed by atoms with Crippen molar-refractivity contribution >= 4 is 28.6 Å². The first-order valence-corrected chi connectivity index (χ1v) is 10.3. The molecule has 7 heteroatoms. The van der Waals surface area contributed by atoms with E-state index < -0.39 is 11.8 Å². The Labute approximate surface area is 178 Å². The summed E-state index contributed by atoms with van der Waals surface area (Å²) in [5.41, 5.74) is 3.00. The Kier molecular flexibility index (Phi) is 5.59. The number of benzene rings is 2. The molecule has 4 rings (SSSR count). The summed E-state index contributed by atoms with van der Waals surface area (Å²) in [5.74, 6) is -2.46. The number of nitrogens with zero attached hydrogens (tertiary/aromatic N) is 1. The third kappa shape index (κ3) is 4.21. The Morgan fingerprint density at radius 2 is 1.77 bits per heavy atom. The van der Waals surface area contributed by atoms with Gasteiger partial charge in [0.15, 0.2) is 0 Å². The number of aromatic nitrogens is 1. The molecule has 0 aliphatic carbocycles. The second-order valence-corrected chi connectivity index (χ2v) is 8.09. The summed E-state index contributed by atoms with van der Waals surface area (Å²) in [5, 5.41) is 9.55. The predicted molar refractivity (Wildman–Crippen MR) is 114 cm³/mol. The van der Waals surface area contributed by atoms with Gasteiger partial charge in [-0.05, 0) is 68.0 Å². The number of aliphatic carboxylic acids is 1. The number of ketones is 1. The Balaban J connectivity index is 1.50. The predicted octanol–water partition coefficient (Wildman–Crippen LogP) is 3.98. The molecule has 1 saturated heterocycles. The highest BCUT2D eigenvalue weighted by Crippen LogP contribution is 2.28. The van der Waals surface area contributed by atoms with Gasteiger partial charge in [-0.25, -0.2) is 9.18 Å². The molecule has 160 valence electrons. The Hall–Kier alpha value is -3.48. The summed E-state index contributed by atoms with van der Waals surface area (Å²) in [6.45, 7) is 3.03. The van der Waals surface area contributed by atoms with Gasteiger partial charge >= 0.3 is 5.97 Å². The fourth-order valence-electron chi connectivity index (χ4n) is 4.32. The van der Waals surface area contributed by atoms with Gasteiger partial charge < -0.3 is 15.0 Å². The van der Waals surface area contributed by atoms with Crippen LogP contribution in [0, 0.1) is 18.7 Å². The summed E-state index contributed by atoms with van der Waals surface area (Å²) < 4.78 is 13.1. The van der Waals surface area contributed by atoms with Crippen molar-refractivity contribution in [3.8, 4) is 0 Å². The SMILES string of the molecule is Cc1[nH]c2ccc(C(=O)C(=O)O)cc2c1C(=O)N1CCC(Cc2ccc(F)cc2)CC1. The molecule has 31 heavy (non-hydrogen) atoms. The van der Waals surface area contributed by atoms with Crippen molar-refractivity contribution in [2.75, 3.05) is 13.1 Å². The number of carbonyl (C=O) groups is 3. The molecule has 0 saturated carbocycles. The van der Waals surface area contributed by atoms with Gasteiger partial charge in [0.2, 0.25) is 0 Å². The molecule has 1 aliphatic heterocycles. The van der Waals surface area contributed by atoms with Crippen LogP contribution < -0.4 is 0 Å². The van der Waals surface area contributed by atoms with Crippen LogP contribution in [0.15, 0.2) is 42.5 Å². The Morgan fingerprint density at radius 1 is 1.10 bits per heavy atom. The van der Waals surface area contributed by atoms with Crippen molar-refractivity contribution in [2.24, 2.45) is 5.92 Å². The minimum atomic E-state index is -1.53. The first-order chi connectivity index (χ1) is 14.8. The van der Waals surface area contributed by atoms with Crippen molar-refractivity contribution < 1.29 is 23.9 Å². The first-order valence-electron chi connectivity index (χ1n) is 10.3. The number of carboxylic acid groups (broad SMARTS) is 1. The number of aromatic amines is 1. The van der Waals surface area contributed by atoms with Crippen LogP contribution in [0.25, 0.3) is 10.9 Å². The molecule has 2 aromatic carbocycles. The molecule has 2 N–H and O–H groups in total. The number of rotatable bonds is 5. The average Bonchev–Trinajstić information content (AvgIpc) is 3.09. The van der Waals surface area contributed by atoms with E-state index in [2.05, 4.69) is 4.98 Å². The number of carboxylic acids is 1. The molecule has 1 amide bonds. The van der Waals surface area contributed by atoms with Crippen molar-refractivity contribution in [3.05, 3.63) is 70.7 Å². The molecule has 2 heterocycles. The fourth-order valence-corrected chi connectivity index (χ4v) is 4.32. The van der Waals surface area contributed by atoms with Gasteiger partial charge in [0, 0.05) is 35.2 Å². The zero-order valence-corrected chi connectivity index (χ0v) is 17.2. The summed E-state index contributed by atoms with van der Waals surface area (Å²) in [7, 11) is 0. The number of carbonyl (C=O) groups excluding carboxylic acids is 2. The number of H-pyrrole nitrogens is 1. The van der Waals surface area contributed by atoms with Gasteiger partial charge in [0.05, 0.1) is 5.56 Å². The third-order valence-corrected chi connectivity index (χ3v) is 6.00. The van der Waals surface area contributed by atoms with Crippen molar-refractivity contribution in [2.45, 2.75) is 26.2 Å². The molecule has 0 unspecified atom stereocenters. The molecule has 1 aromatic heterocycles. The Bertz CT molecular complexity index is 1160. The van der Waals surface area contributed by atoms with Crippen LogP contribution in [0.2, 0.25) is 0 Å². The van der Waals surface area contributed by atoms with E-state index in [1.54, 1.807) is 25.1 Å². The van der Waals surface area contributed by atoms with E-state index in [0.717, 1.165) is 24.8 Å². The van der Waals surface area contributed by atoms with Crippen molar-refractivity contribution in [1.82, 2.24) is 9.88 Å². The lowest BCUT2D eigenvalue weighted by Crippen LogP contribution is -2.39. The van der Waals surface area contributed by atoms with Gasteiger partial charge in [0.1, 0.15) is 5.82 Å². The minimum absolute atomic E-state index is 0.0473. The van der Waals surface area contributed by atoms with Crippen LogP contribution in [-0.4, -0.2) is 45.7 Å². The highest BCUT2D eigenvalue weighted by atomic mass is 19.1. The first kappa shape index (κ1) is 20.8. The molecule has 0 bridgehead atoms. The lowest BCUT2D eigenvalue weighted by Gasteiger charge is -2.32. The monoisotopic (exact) mass is 422 g/mol. The van der Waals surface area contributed by atoms with Crippen LogP contribution in [-0.2, 0) is 11.2 Å². The minimum Gasteiger partial charge on any atom is -0.475 e. The average molecular weight is 422 g/mol. The highest BCUT2D eigenvalue weighted by Gasteiger charge is 2.27. The van der Waals surface area contributed by atoms with Crippen molar-refractivity contribution in [3.63, 3.8) is 0 Å². The van der Waals surface area contributed by atoms with Crippen LogP contribution in [0.3, 0.4) is 0 Å². The largest absolute Gasteiger partial charge is 0.475 e. The molecule has 0 spiro atoms. The quantitative estimate of drug-likeness (QED) is 0.481. The summed E-state index contributed by atoms with van der Waals surface area (Å²) in [6, 6.07) is 11.1. The van der Waals surface area contributed by atoms with E-state index in [1.165, 1.54) is 24.3 Å². The normalized spacial score (nSPS) is 14.7. The summed E-state index contributed by atoms with van der Waals surface area (Å²) in [6.07, 6.45) is 2.57. The zero-order chi connectivity index (χ0) is 22.1. The van der Waals surface area contributed by atoms with E-state index in [1.807, 2.05) is 4.90 Å².